The average Bonchev–Trinajstić information content (AvgIpc) is 3.21. The van der Waals surface area contributed by atoms with Gasteiger partial charge in [0.25, 0.3) is 20.2 Å². The van der Waals surface area contributed by atoms with Crippen molar-refractivity contribution >= 4 is 58.5 Å². The van der Waals surface area contributed by atoms with Crippen LogP contribution in [0.2, 0.25) is 0 Å². The highest BCUT2D eigenvalue weighted by Crippen LogP contribution is 2.57. The molecule has 14 nitrogen and oxygen atoms in total. The normalized spacial score (nSPS) is 23.1. The van der Waals surface area contributed by atoms with Crippen molar-refractivity contribution in [1.29, 1.82) is 0 Å². The van der Waals surface area contributed by atoms with Gasteiger partial charge in [0.2, 0.25) is 11.7 Å². The van der Waals surface area contributed by atoms with Gasteiger partial charge in [0.1, 0.15) is 11.0 Å². The largest absolute Gasteiger partial charge is 0.483 e. The zero-order valence-corrected chi connectivity index (χ0v) is 26.1. The lowest BCUT2D eigenvalue weighted by Crippen LogP contribution is -2.41. The Balaban J connectivity index is 1.65. The van der Waals surface area contributed by atoms with Gasteiger partial charge in [-0.15, -0.1) is 0 Å². The number of anilines is 1. The van der Waals surface area contributed by atoms with Gasteiger partial charge in [0.15, 0.2) is 10.7 Å². The molecule has 1 aliphatic carbocycles. The molecule has 0 spiro atoms. The van der Waals surface area contributed by atoms with Crippen LogP contribution in [-0.4, -0.2) is 70.3 Å². The molecule has 17 heteroatoms. The van der Waals surface area contributed by atoms with Crippen LogP contribution in [0.5, 0.6) is 0 Å². The number of ketones is 1. The minimum absolute atomic E-state index is 0.0675. The second-order valence-electron chi connectivity index (χ2n) is 11.2. The van der Waals surface area contributed by atoms with Gasteiger partial charge in [0.05, 0.1) is 4.90 Å². The first kappa shape index (κ1) is 31.1. The number of fused-ring (bicyclic) bond motifs is 7. The van der Waals surface area contributed by atoms with Gasteiger partial charge in [-0.1, -0.05) is 12.1 Å². The lowest BCUT2D eigenvalue weighted by atomic mass is 9.73. The molecule has 0 radical (unpaired) electrons. The third-order valence-corrected chi connectivity index (χ3v) is 11.2. The molecular formula is C28H26N2O12S3. The van der Waals surface area contributed by atoms with Crippen molar-refractivity contribution in [3.8, 4) is 0 Å². The van der Waals surface area contributed by atoms with Crippen LogP contribution in [0.15, 0.2) is 79.8 Å². The molecule has 2 unspecified atom stereocenters. The first-order valence-corrected chi connectivity index (χ1v) is 17.8. The number of hydrogen-bond donors (Lipinski definition) is 4. The number of rotatable bonds is 6. The fourth-order valence-corrected chi connectivity index (χ4v) is 8.60. The molecule has 6 rings (SSSR count). The Morgan fingerprint density at radius 2 is 1.73 bits per heavy atom. The molecule has 2 aromatic rings. The van der Waals surface area contributed by atoms with Gasteiger partial charge < -0.3 is 15.0 Å². The molecule has 2 atom stereocenters. The lowest BCUT2D eigenvalue weighted by molar-refractivity contribution is -0.121. The minimum Gasteiger partial charge on any atom is -0.483 e. The molecule has 4 N–H and O–H groups in total. The predicted octanol–water partition coefficient (Wildman–Crippen LogP) is 2.13. The highest BCUT2D eigenvalue weighted by atomic mass is 32.2. The second-order valence-corrected chi connectivity index (χ2v) is 15.4. The number of hydrogen-bond acceptors (Lipinski definition) is 10. The summed E-state index contributed by atoms with van der Waals surface area (Å²) in [4.78, 5) is 24.4. The Hall–Kier alpha value is -3.87. The number of benzene rings is 2. The van der Waals surface area contributed by atoms with Crippen LogP contribution in [0.3, 0.4) is 0 Å². The topological polar surface area (TPSA) is 222 Å². The van der Waals surface area contributed by atoms with E-state index >= 15 is 0 Å². The maximum absolute atomic E-state index is 12.8. The fourth-order valence-electron chi connectivity index (χ4n) is 6.66. The summed E-state index contributed by atoms with van der Waals surface area (Å²) in [5, 5.41) is 3.74. The number of carbonyl (C=O) groups excluding carboxylic acids is 2. The maximum Gasteiger partial charge on any atom is 0.302 e. The number of Topliss-reactive ketones (excluding diaryl/α,β-unsaturated/α-hetero) is 1. The Bertz CT molecular complexity index is 2210. The summed E-state index contributed by atoms with van der Waals surface area (Å²) in [6, 6.07) is 7.66. The van der Waals surface area contributed by atoms with Crippen LogP contribution in [-0.2, 0) is 50.1 Å². The van der Waals surface area contributed by atoms with Crippen LogP contribution in [0.1, 0.15) is 31.7 Å². The molecular weight excluding hydrogens is 653 g/mol. The van der Waals surface area contributed by atoms with E-state index in [9.17, 15) is 48.5 Å². The minimum atomic E-state index is -5.30. The number of nitrogens with zero attached hydrogens (tertiary/aromatic N) is 1. The van der Waals surface area contributed by atoms with Crippen molar-refractivity contribution in [2.24, 2.45) is 0 Å². The van der Waals surface area contributed by atoms with E-state index in [1.165, 1.54) is 25.3 Å². The molecule has 1 amide bonds. The van der Waals surface area contributed by atoms with E-state index in [1.54, 1.807) is 18.2 Å². The van der Waals surface area contributed by atoms with Crippen LogP contribution in [0, 0.1) is 0 Å². The van der Waals surface area contributed by atoms with Crippen LogP contribution >= 0.6 is 0 Å². The molecule has 0 saturated heterocycles. The zero-order chi connectivity index (χ0) is 32.9. The summed E-state index contributed by atoms with van der Waals surface area (Å²) in [7, 11) is -13.5. The molecule has 0 aromatic heterocycles. The summed E-state index contributed by atoms with van der Waals surface area (Å²) in [6.45, 7) is 2.21. The van der Waals surface area contributed by atoms with Crippen molar-refractivity contribution < 1.29 is 53.2 Å². The Kier molecular flexibility index (Phi) is 6.96. The lowest BCUT2D eigenvalue weighted by Gasteiger charge is -2.41. The standard InChI is InChI=1S/C28H26N2O12S3/c1-28(9-7-22(31)29-2)23-17-5-4-16(43(33,34)35)11-14(17)3-6-19(23)30-10-8-20-18(27(28)30)12-15-13-21(44(36,37)38)24(32)26(25(15)42-20)45(39,40)41/h3-6,11-13,20H,7-10H2,1-2H3,(H,29,31)(H,33,34,35)(H,36,37,38)(H,39,40,41). The van der Waals surface area contributed by atoms with E-state index < -0.39 is 63.2 Å². The summed E-state index contributed by atoms with van der Waals surface area (Å²) < 4.78 is 108. The van der Waals surface area contributed by atoms with E-state index in [4.69, 9.17) is 4.74 Å². The number of nitrogens with one attached hydrogen (secondary N) is 1. The van der Waals surface area contributed by atoms with Gasteiger partial charge in [-0.3, -0.25) is 23.2 Å². The number of allylic oxidation sites excluding steroid dienone is 4. The summed E-state index contributed by atoms with van der Waals surface area (Å²) in [5.74, 6) is -2.44. The first-order chi connectivity index (χ1) is 20.9. The SMILES string of the molecule is CNC(=O)CCC1(C)C2=C3C=C4C=C(S(=O)(=O)O)C(=O)C(S(=O)(=O)O)=C4OC3CCN2c2ccc3cc(S(=O)(=O)O)ccc3c21. The summed E-state index contributed by atoms with van der Waals surface area (Å²) >= 11 is 0. The maximum atomic E-state index is 12.8. The quantitative estimate of drug-likeness (QED) is 0.322. The van der Waals surface area contributed by atoms with Crippen LogP contribution in [0.4, 0.5) is 5.69 Å². The Morgan fingerprint density at radius 1 is 1.02 bits per heavy atom. The summed E-state index contributed by atoms with van der Waals surface area (Å²) in [5.41, 5.74) is 1.47. The van der Waals surface area contributed by atoms with E-state index in [2.05, 4.69) is 5.32 Å². The first-order valence-electron chi connectivity index (χ1n) is 13.5. The molecule has 3 heterocycles. The Labute approximate surface area is 258 Å². The van der Waals surface area contributed by atoms with Crippen LogP contribution < -0.4 is 10.2 Å². The number of amides is 1. The van der Waals surface area contributed by atoms with Crippen molar-refractivity contribution in [1.82, 2.24) is 5.32 Å². The van der Waals surface area contributed by atoms with Gasteiger partial charge >= 0.3 is 10.1 Å². The smallest absolute Gasteiger partial charge is 0.302 e. The van der Waals surface area contributed by atoms with Gasteiger partial charge in [-0.05, 0) is 60.0 Å². The average molecular weight is 679 g/mol. The van der Waals surface area contributed by atoms with E-state index in [1.807, 2.05) is 11.8 Å². The van der Waals surface area contributed by atoms with E-state index in [0.717, 1.165) is 17.3 Å². The van der Waals surface area contributed by atoms with Crippen molar-refractivity contribution in [2.45, 2.75) is 42.6 Å². The number of carbonyl (C=O) groups is 2. The molecule has 3 aliphatic heterocycles. The molecule has 45 heavy (non-hydrogen) atoms. The molecule has 4 aliphatic rings. The van der Waals surface area contributed by atoms with E-state index in [0.29, 0.717) is 28.6 Å². The second kappa shape index (κ2) is 10.1. The van der Waals surface area contributed by atoms with Crippen molar-refractivity contribution in [3.63, 3.8) is 0 Å². The molecule has 0 bridgehead atoms. The van der Waals surface area contributed by atoms with Crippen molar-refractivity contribution in [2.75, 3.05) is 18.5 Å². The monoisotopic (exact) mass is 678 g/mol. The third kappa shape index (κ3) is 4.90. The predicted molar refractivity (Wildman–Crippen MR) is 160 cm³/mol. The third-order valence-electron chi connectivity index (χ3n) is 8.56. The highest BCUT2D eigenvalue weighted by molar-refractivity contribution is 7.93. The fraction of sp³-hybridized carbons (Fsp3) is 0.286. The Morgan fingerprint density at radius 3 is 2.36 bits per heavy atom. The molecule has 0 saturated carbocycles. The van der Waals surface area contributed by atoms with Gasteiger partial charge in [-0.25, -0.2) is 0 Å². The van der Waals surface area contributed by atoms with Crippen molar-refractivity contribution in [3.05, 3.63) is 80.5 Å². The van der Waals surface area contributed by atoms with Crippen LogP contribution in [0.25, 0.3) is 10.8 Å². The zero-order valence-electron chi connectivity index (χ0n) is 23.6. The molecule has 238 valence electrons. The molecule has 0 fully saturated rings. The highest BCUT2D eigenvalue weighted by Gasteiger charge is 2.51. The molecule has 2 aromatic carbocycles. The summed E-state index contributed by atoms with van der Waals surface area (Å²) in [6.07, 6.45) is 1.94. The van der Waals surface area contributed by atoms with Gasteiger partial charge in [-0.2, -0.15) is 25.3 Å². The van der Waals surface area contributed by atoms with E-state index in [-0.39, 0.29) is 35.6 Å². The number of ether oxygens (including phenoxy) is 1. The van der Waals surface area contributed by atoms with Gasteiger partial charge in [0, 0.05) is 54.4 Å².